The fraction of sp³-hybridized carbons (Fsp3) is 0.903. The summed E-state index contributed by atoms with van der Waals surface area (Å²) in [6, 6.07) is 0. The van der Waals surface area contributed by atoms with Gasteiger partial charge in [0, 0.05) is 36.8 Å². The largest absolute Gasteiger partial charge is 0.469 e. The average Bonchev–Trinajstić information content (AvgIpc) is 3.50. The molecule has 1 saturated carbocycles. The van der Waals surface area contributed by atoms with Crippen LogP contribution in [0.15, 0.2) is 12.2 Å². The lowest BCUT2D eigenvalue weighted by molar-refractivity contribution is -0.194. The second kappa shape index (κ2) is 16.8. The topological polar surface area (TPSA) is 72.5 Å². The number of hydrogen-bond donors (Lipinski definition) is 0. The second-order valence-corrected chi connectivity index (χ2v) is 12.9. The molecule has 0 N–H and O–H groups in total. The Labute approximate surface area is 244 Å². The van der Waals surface area contributed by atoms with Gasteiger partial charge in [0.1, 0.15) is 0 Å². The Kier molecular flexibility index (Phi) is 13.5. The Bertz CT molecular complexity index is 736. The van der Waals surface area contributed by atoms with E-state index < -0.39 is 0 Å². The molecule has 0 aromatic heterocycles. The number of alkyl halides is 1. The molecule has 3 aliphatic heterocycles. The lowest BCUT2D eigenvalue weighted by atomic mass is 9.88. The van der Waals surface area contributed by atoms with Crippen molar-refractivity contribution in [2.45, 2.75) is 145 Å². The number of fused-ring (bicyclic) bond motifs is 1. The minimum atomic E-state index is -0.150. The van der Waals surface area contributed by atoms with Crippen LogP contribution in [0.25, 0.3) is 0 Å². The number of carbonyl (C=O) groups excluding carboxylic acids is 1. The van der Waals surface area contributed by atoms with Crippen LogP contribution < -0.4 is 0 Å². The minimum absolute atomic E-state index is 0.0608. The van der Waals surface area contributed by atoms with Crippen LogP contribution in [0.2, 0.25) is 0 Å². The summed E-state index contributed by atoms with van der Waals surface area (Å²) in [6.07, 6.45) is 20.1. The van der Waals surface area contributed by atoms with E-state index in [0.29, 0.717) is 12.3 Å². The number of ether oxygens (including phenoxy) is 6. The molecule has 4 fully saturated rings. The van der Waals surface area contributed by atoms with Gasteiger partial charge in [0.2, 0.25) is 0 Å². The molecule has 0 bridgehead atoms. The lowest BCUT2D eigenvalue weighted by Crippen LogP contribution is -2.32. The summed E-state index contributed by atoms with van der Waals surface area (Å²) < 4.78 is 36.4. The number of carbonyl (C=O) groups is 1. The van der Waals surface area contributed by atoms with Crippen molar-refractivity contribution < 1.29 is 33.2 Å². The van der Waals surface area contributed by atoms with Crippen LogP contribution in [0.1, 0.15) is 103 Å². The average molecular weight is 616 g/mol. The Hall–Kier alpha value is -0.510. The first-order valence-electron chi connectivity index (χ1n) is 15.7. The van der Waals surface area contributed by atoms with E-state index in [0.717, 1.165) is 83.8 Å². The molecule has 0 aromatic carbocycles. The van der Waals surface area contributed by atoms with Crippen molar-refractivity contribution in [2.75, 3.05) is 20.3 Å². The highest BCUT2D eigenvalue weighted by Gasteiger charge is 2.51. The Morgan fingerprint density at radius 3 is 2.46 bits per heavy atom. The first kappa shape index (κ1) is 31.4. The van der Waals surface area contributed by atoms with Crippen LogP contribution in [0.4, 0.5) is 0 Å². The Morgan fingerprint density at radius 2 is 1.77 bits per heavy atom. The minimum Gasteiger partial charge on any atom is -0.469 e. The maximum Gasteiger partial charge on any atom is 0.305 e. The van der Waals surface area contributed by atoms with Gasteiger partial charge in [-0.15, -0.1) is 0 Å². The van der Waals surface area contributed by atoms with Gasteiger partial charge in [-0.1, -0.05) is 54.3 Å². The molecule has 224 valence electrons. The maximum atomic E-state index is 11.5. The summed E-state index contributed by atoms with van der Waals surface area (Å²) in [5.74, 6) is 0.524. The molecule has 8 heteroatoms. The molecule has 1 aliphatic carbocycles. The fourth-order valence-electron chi connectivity index (χ4n) is 6.56. The van der Waals surface area contributed by atoms with Crippen LogP contribution in [0, 0.1) is 11.8 Å². The zero-order chi connectivity index (χ0) is 27.5. The van der Waals surface area contributed by atoms with Crippen molar-refractivity contribution in [1.29, 1.82) is 0 Å². The van der Waals surface area contributed by atoms with Crippen molar-refractivity contribution in [3.63, 3.8) is 0 Å². The van der Waals surface area contributed by atoms with Crippen LogP contribution in [0.3, 0.4) is 0 Å². The third-order valence-corrected chi connectivity index (χ3v) is 9.83. The van der Waals surface area contributed by atoms with Gasteiger partial charge in [0.15, 0.2) is 12.6 Å². The fourth-order valence-corrected chi connectivity index (χ4v) is 7.22. The number of rotatable bonds is 15. The molecule has 4 rings (SSSR count). The van der Waals surface area contributed by atoms with Crippen LogP contribution in [-0.4, -0.2) is 68.1 Å². The SMILES string of the molecule is CCCCC[C@@H](/C=C/[C@@H]1[C@H]2CC(C(Br)CCCC(=O)OC)O[C@@H]2C[C@H]1OC1CCCCO1)OC1CCCCO1. The number of halogens is 1. The molecule has 0 spiro atoms. The number of methoxy groups -OCH3 is 1. The Morgan fingerprint density at radius 1 is 1.00 bits per heavy atom. The summed E-state index contributed by atoms with van der Waals surface area (Å²) in [5.41, 5.74) is 0. The highest BCUT2D eigenvalue weighted by molar-refractivity contribution is 9.09. The maximum absolute atomic E-state index is 11.5. The third-order valence-electron chi connectivity index (χ3n) is 8.78. The molecule has 9 atom stereocenters. The van der Waals surface area contributed by atoms with Gasteiger partial charge in [-0.05, 0) is 70.1 Å². The van der Waals surface area contributed by atoms with Gasteiger partial charge < -0.3 is 28.4 Å². The quantitative estimate of drug-likeness (QED) is 0.0864. The number of hydrogen-bond acceptors (Lipinski definition) is 7. The van der Waals surface area contributed by atoms with E-state index in [1.54, 1.807) is 0 Å². The van der Waals surface area contributed by atoms with Crippen molar-refractivity contribution in [3.8, 4) is 0 Å². The van der Waals surface area contributed by atoms with Gasteiger partial charge in [0.25, 0.3) is 0 Å². The molecular formula is C31H51BrO7. The molecule has 4 unspecified atom stereocenters. The highest BCUT2D eigenvalue weighted by Crippen LogP contribution is 2.48. The van der Waals surface area contributed by atoms with Crippen molar-refractivity contribution in [3.05, 3.63) is 12.2 Å². The van der Waals surface area contributed by atoms with E-state index in [4.69, 9.17) is 28.4 Å². The van der Waals surface area contributed by atoms with Gasteiger partial charge in [-0.2, -0.15) is 0 Å². The molecule has 3 heterocycles. The van der Waals surface area contributed by atoms with Crippen LogP contribution in [-0.2, 0) is 33.2 Å². The number of esters is 1. The molecular weight excluding hydrogens is 564 g/mol. The normalized spacial score (nSPS) is 34.7. The summed E-state index contributed by atoms with van der Waals surface area (Å²) in [5, 5.41) is 0. The van der Waals surface area contributed by atoms with E-state index >= 15 is 0 Å². The van der Waals surface area contributed by atoms with E-state index in [9.17, 15) is 4.79 Å². The molecule has 0 radical (unpaired) electrons. The van der Waals surface area contributed by atoms with Crippen molar-refractivity contribution in [2.24, 2.45) is 11.8 Å². The smallest absolute Gasteiger partial charge is 0.305 e. The third kappa shape index (κ3) is 9.78. The first-order chi connectivity index (χ1) is 19.1. The van der Waals surface area contributed by atoms with Crippen molar-refractivity contribution in [1.82, 2.24) is 0 Å². The molecule has 0 aromatic rings. The molecule has 7 nitrogen and oxygen atoms in total. The predicted octanol–water partition coefficient (Wildman–Crippen LogP) is 6.85. The van der Waals surface area contributed by atoms with E-state index in [2.05, 4.69) is 35.0 Å². The zero-order valence-corrected chi connectivity index (χ0v) is 25.7. The van der Waals surface area contributed by atoms with E-state index in [-0.39, 0.29) is 53.7 Å². The van der Waals surface area contributed by atoms with E-state index in [1.807, 2.05) is 0 Å². The summed E-state index contributed by atoms with van der Waals surface area (Å²) >= 11 is 3.87. The van der Waals surface area contributed by atoms with E-state index in [1.165, 1.54) is 26.4 Å². The van der Waals surface area contributed by atoms with Gasteiger partial charge in [0.05, 0.1) is 31.5 Å². The van der Waals surface area contributed by atoms with Crippen LogP contribution in [0.5, 0.6) is 0 Å². The molecule has 3 saturated heterocycles. The highest BCUT2D eigenvalue weighted by atomic mass is 79.9. The zero-order valence-electron chi connectivity index (χ0n) is 24.1. The van der Waals surface area contributed by atoms with Gasteiger partial charge >= 0.3 is 5.97 Å². The Balaban J connectivity index is 1.40. The van der Waals surface area contributed by atoms with Crippen molar-refractivity contribution >= 4 is 21.9 Å². The summed E-state index contributed by atoms with van der Waals surface area (Å²) in [7, 11) is 1.45. The lowest BCUT2D eigenvalue weighted by Gasteiger charge is -2.30. The first-order valence-corrected chi connectivity index (χ1v) is 16.6. The molecule has 39 heavy (non-hydrogen) atoms. The second-order valence-electron chi connectivity index (χ2n) is 11.7. The monoisotopic (exact) mass is 614 g/mol. The van der Waals surface area contributed by atoms with Crippen LogP contribution >= 0.6 is 15.9 Å². The summed E-state index contributed by atoms with van der Waals surface area (Å²) in [4.78, 5) is 11.8. The van der Waals surface area contributed by atoms with Gasteiger partial charge in [-0.3, -0.25) is 4.79 Å². The molecule has 4 aliphatic rings. The van der Waals surface area contributed by atoms with Gasteiger partial charge in [-0.25, -0.2) is 0 Å². The standard InChI is InChI=1S/C31H51BrO7/c1-3-4-5-11-22(37-30-14-6-8-18-35-30)16-17-23-24-20-28(25(32)12-10-13-29(33)34-2)38-27(24)21-26(23)39-31-15-7-9-19-36-31/h16-17,22-28,30-31H,3-15,18-21H2,1-2H3/b17-16+/t22-,23+,24+,25?,26+,27+,28?,30?,31?/m0/s1. The number of unbranched alkanes of at least 4 members (excludes halogenated alkanes) is 2. The predicted molar refractivity (Wildman–Crippen MR) is 154 cm³/mol. The summed E-state index contributed by atoms with van der Waals surface area (Å²) in [6.45, 7) is 3.83. The molecule has 0 amide bonds.